The number of aryl methyl sites for hydroxylation is 12. The third-order valence-electron chi connectivity index (χ3n) is 24.4. The van der Waals surface area contributed by atoms with Gasteiger partial charge in [-0.2, -0.15) is 0 Å². The van der Waals surface area contributed by atoms with Crippen molar-refractivity contribution in [2.24, 2.45) is 0 Å². The highest BCUT2D eigenvalue weighted by Crippen LogP contribution is 2.54. The fourth-order valence-electron chi connectivity index (χ4n) is 16.0. The average molecular weight is 1830 g/mol. The van der Waals surface area contributed by atoms with Crippen molar-refractivity contribution < 1.29 is 65.6 Å². The maximum Gasteiger partial charge on any atom is 0.530 e. The average Bonchev–Trinajstić information content (AvgIpc) is 1.67. The molecule has 8 aromatic carbocycles. The van der Waals surface area contributed by atoms with Crippen molar-refractivity contribution in [3.63, 3.8) is 0 Å². The van der Waals surface area contributed by atoms with Gasteiger partial charge in [0, 0.05) is 21.9 Å². The van der Waals surface area contributed by atoms with Crippen LogP contribution in [0.1, 0.15) is 403 Å². The largest absolute Gasteiger partial charge is 0.530 e. The van der Waals surface area contributed by atoms with E-state index < -0.39 is 25.4 Å². The lowest BCUT2D eigenvalue weighted by Crippen LogP contribution is -2.17. The van der Waals surface area contributed by atoms with Crippen LogP contribution in [-0.2, 0) is 97.7 Å². The summed E-state index contributed by atoms with van der Waals surface area (Å²) < 4.78 is 63.5. The van der Waals surface area contributed by atoms with E-state index in [9.17, 15) is 25.5 Å². The fraction of sp³-hybridized carbons (Fsp3) is 0.571. The van der Waals surface area contributed by atoms with Crippen LogP contribution in [0.3, 0.4) is 0 Å². The van der Waals surface area contributed by atoms with Gasteiger partial charge in [0.1, 0.15) is 74.4 Å². The van der Waals surface area contributed by atoms with E-state index in [1.807, 2.05) is 55.5 Å². The van der Waals surface area contributed by atoms with Crippen molar-refractivity contribution in [2.75, 3.05) is 6.61 Å². The van der Waals surface area contributed by atoms with Gasteiger partial charge in [0.25, 0.3) is 0 Å². The second-order valence-electron chi connectivity index (χ2n) is 41.2. The van der Waals surface area contributed by atoms with Crippen LogP contribution in [0.25, 0.3) is 21.9 Å². The highest BCUT2D eigenvalue weighted by atomic mass is 31.2. The Balaban J connectivity index is 0.000000369. The molecule has 0 aliphatic carbocycles. The Morgan fingerprint density at radius 1 is 0.271 bits per heavy atom. The molecule has 712 valence electrons. The number of fused-ring (bicyclic) bond motifs is 3. The van der Waals surface area contributed by atoms with Gasteiger partial charge in [0.05, 0.1) is 6.61 Å². The molecular weight excluding hydrogens is 1660 g/mol. The van der Waals surface area contributed by atoms with Gasteiger partial charge in [-0.15, -0.1) is 0 Å². The number of hydrogen-bond acceptors (Lipinski definition) is 14. The Bertz CT molecular complexity index is 4680. The monoisotopic (exact) mass is 1830 g/mol. The number of hydrogen-bond donors (Lipinski definition) is 5. The molecule has 0 spiro atoms. The van der Waals surface area contributed by atoms with Crippen molar-refractivity contribution in [2.45, 2.75) is 413 Å². The molecule has 0 bridgehead atoms. The van der Waals surface area contributed by atoms with Crippen molar-refractivity contribution in [3.05, 3.63) is 192 Å². The van der Waals surface area contributed by atoms with Crippen LogP contribution >= 0.6 is 25.4 Å². The molecule has 0 radical (unpaired) electrons. The van der Waals surface area contributed by atoms with Gasteiger partial charge < -0.3 is 61.1 Å². The maximum absolute atomic E-state index is 11.4. The van der Waals surface area contributed by atoms with Crippen LogP contribution in [0, 0.1) is 6.92 Å². The number of unbranched alkanes of at least 4 members (excludes halogenated alkanes) is 10. The zero-order valence-electron chi connectivity index (χ0n) is 84.3. The molecule has 0 atom stereocenters. The van der Waals surface area contributed by atoms with Gasteiger partial charge in [-0.25, -0.2) is 0 Å². The van der Waals surface area contributed by atoms with Crippen LogP contribution in [0.2, 0.25) is 0 Å². The Morgan fingerprint density at radius 3 is 0.752 bits per heavy atom. The van der Waals surface area contributed by atoms with Crippen LogP contribution in [0.15, 0.2) is 105 Å². The molecule has 0 amide bonds. The topological polar surface area (TPSA) is 192 Å². The standard InChI is InChI=1S/C70H104O10P2.C42H61O4P/c1-11-21-31-51-45-65(55(35-25-15-5)41-61(51)71)75-81(76-66-46-52(32-22-12-2)62(72)42-56(66)36-26-16-6)79-69-49-60(40-30-20-10)70(50-59(69)39-29-19-9)80-82(77-67-47-53(33-23-13-3)63(73)43-57(67)37-27-17-7)78-68-48-54(34-24-14-4)64(74)44-58(68)38-28-18-8;1-26-20-27(21-32(35(26)43)40(8,9)10)18-17-19-44-47-45-36-30(22-28(38(2,3)4)24-33(36)41(11,12)13)31-23-29(39(5,6)7)25-34(37(31)46-47)42(14,15)16/h41-50,71-74H,11-40H2,1-10H3;20-25,43H,17-19H2,1-16H3. The second kappa shape index (κ2) is 49.9. The van der Waals surface area contributed by atoms with Crippen molar-refractivity contribution >= 4 is 47.4 Å². The van der Waals surface area contributed by atoms with Gasteiger partial charge >= 0.3 is 25.4 Å². The minimum atomic E-state index is -2.20. The first-order chi connectivity index (χ1) is 61.1. The summed E-state index contributed by atoms with van der Waals surface area (Å²) in [4.78, 5) is 0. The minimum Gasteiger partial charge on any atom is -0.508 e. The number of rotatable bonds is 47. The van der Waals surface area contributed by atoms with E-state index in [4.69, 9.17) is 40.1 Å². The molecule has 9 aromatic rings. The van der Waals surface area contributed by atoms with Gasteiger partial charge in [0.15, 0.2) is 0 Å². The molecule has 9 rings (SSSR count). The zero-order valence-corrected chi connectivity index (χ0v) is 87.0. The maximum atomic E-state index is 11.4. The highest BCUT2D eigenvalue weighted by molar-refractivity contribution is 7.43. The summed E-state index contributed by atoms with van der Waals surface area (Å²) in [7, 11) is -6.13. The lowest BCUT2D eigenvalue weighted by Gasteiger charge is -2.27. The second-order valence-corrected chi connectivity index (χ2v) is 44.2. The third kappa shape index (κ3) is 30.9. The molecule has 0 saturated carbocycles. The summed E-state index contributed by atoms with van der Waals surface area (Å²) in [5, 5.41) is 58.4. The Labute approximate surface area is 782 Å². The lowest BCUT2D eigenvalue weighted by molar-refractivity contribution is 0.363. The Hall–Kier alpha value is -7.72. The van der Waals surface area contributed by atoms with Crippen molar-refractivity contribution in [1.82, 2.24) is 0 Å². The molecule has 1 heterocycles. The first-order valence-corrected chi connectivity index (χ1v) is 52.7. The van der Waals surface area contributed by atoms with E-state index in [0.29, 0.717) is 85.4 Å². The van der Waals surface area contributed by atoms with Crippen LogP contribution in [-0.4, -0.2) is 32.1 Å². The molecule has 129 heavy (non-hydrogen) atoms. The molecule has 0 unspecified atom stereocenters. The van der Waals surface area contributed by atoms with Crippen LogP contribution < -0.4 is 31.7 Å². The highest BCUT2D eigenvalue weighted by Gasteiger charge is 2.34. The molecule has 1 aromatic heterocycles. The Kier molecular flexibility index (Phi) is 41.2. The normalized spacial score (nSPS) is 12.2. The van der Waals surface area contributed by atoms with E-state index in [2.05, 4.69) is 222 Å². The molecular formula is C112H165O14P3. The first kappa shape index (κ1) is 107. The smallest absolute Gasteiger partial charge is 0.508 e. The zero-order chi connectivity index (χ0) is 94.7. The number of phenols is 5. The minimum absolute atomic E-state index is 0.0441. The summed E-state index contributed by atoms with van der Waals surface area (Å²) in [5.74, 6) is 5.37. The van der Waals surface area contributed by atoms with E-state index in [-0.39, 0.29) is 50.1 Å². The van der Waals surface area contributed by atoms with Crippen LogP contribution in [0.5, 0.6) is 63.2 Å². The molecule has 0 aliphatic heterocycles. The molecule has 0 saturated heterocycles. The molecule has 17 heteroatoms. The molecule has 14 nitrogen and oxygen atoms in total. The van der Waals surface area contributed by atoms with Crippen LogP contribution in [0.4, 0.5) is 0 Å². The summed E-state index contributed by atoms with van der Waals surface area (Å²) in [6.07, 6.45) is 27.6. The Morgan fingerprint density at radius 2 is 0.512 bits per heavy atom. The van der Waals surface area contributed by atoms with E-state index in [1.54, 1.807) is 0 Å². The predicted octanol–water partition coefficient (Wildman–Crippen LogP) is 34.3. The number of aromatic hydroxyl groups is 5. The molecule has 0 aliphatic rings. The molecule has 0 fully saturated rings. The summed E-state index contributed by atoms with van der Waals surface area (Å²) in [6.45, 7) is 57.8. The van der Waals surface area contributed by atoms with Gasteiger partial charge in [-0.1, -0.05) is 262 Å². The fourth-order valence-corrected chi connectivity index (χ4v) is 19.4. The third-order valence-corrected chi connectivity index (χ3v) is 27.6. The van der Waals surface area contributed by atoms with Gasteiger partial charge in [0.2, 0.25) is 0 Å². The van der Waals surface area contributed by atoms with E-state index in [1.165, 1.54) is 27.8 Å². The van der Waals surface area contributed by atoms with Crippen molar-refractivity contribution in [3.8, 4) is 63.2 Å². The molecule has 5 N–H and O–H groups in total. The number of benzene rings is 8. The van der Waals surface area contributed by atoms with Crippen molar-refractivity contribution in [1.29, 1.82) is 0 Å². The first-order valence-electron chi connectivity index (χ1n) is 49.4. The predicted molar refractivity (Wildman–Crippen MR) is 545 cm³/mol. The summed E-state index contributed by atoms with van der Waals surface area (Å²) >= 11 is 0. The van der Waals surface area contributed by atoms with Gasteiger partial charge in [-0.05, 0) is 332 Å². The van der Waals surface area contributed by atoms with E-state index in [0.717, 1.165) is 256 Å². The summed E-state index contributed by atoms with van der Waals surface area (Å²) in [5.41, 5.74) is 18.0. The summed E-state index contributed by atoms with van der Waals surface area (Å²) in [6, 6.07) is 33.2. The quantitative estimate of drug-likeness (QED) is 0.0179. The lowest BCUT2D eigenvalue weighted by atomic mass is 9.77. The van der Waals surface area contributed by atoms with Gasteiger partial charge in [-0.3, -0.25) is 4.52 Å². The SMILES string of the molecule is CCCCc1cc(OP(Oc2cc(CCCC)c(O)cc2CCCC)Oc2cc(CCCC)c(OP(Oc3cc(CCCC)c(O)cc3CCCC)Oc3cc(CCCC)c(O)cc3CCCC)cc2CCCC)c(CCCC)cc1O.Cc1cc(CCCOp2oc3c(C(C)(C)C)cc(C(C)(C)C)cc3c3cc(C(C)(C)C)cc(C(C)(C)C)c3o2)cc(C(C)(C)C)c1O. The number of phenolic OH excluding ortho intramolecular Hbond substituents is 5. The van der Waals surface area contributed by atoms with E-state index >= 15 is 0 Å².